The van der Waals surface area contributed by atoms with Crippen molar-refractivity contribution in [1.82, 2.24) is 9.78 Å². The summed E-state index contributed by atoms with van der Waals surface area (Å²) in [6, 6.07) is 6.29. The van der Waals surface area contributed by atoms with Gasteiger partial charge in [0.1, 0.15) is 5.82 Å². The van der Waals surface area contributed by atoms with E-state index in [1.807, 2.05) is 13.0 Å². The molecule has 2 unspecified atom stereocenters. The third kappa shape index (κ3) is 2.38. The molecule has 0 fully saturated rings. The van der Waals surface area contributed by atoms with Crippen LogP contribution in [0, 0.1) is 6.92 Å². The number of carbonyl (C=O) groups excluding carboxylic acids is 1. The molecular formula is C18H23N5O. The molecule has 0 saturated heterocycles. The Morgan fingerprint density at radius 3 is 3.04 bits per heavy atom. The van der Waals surface area contributed by atoms with Crippen molar-refractivity contribution in [3.05, 3.63) is 40.6 Å². The molecule has 2 aliphatic rings. The zero-order valence-corrected chi connectivity index (χ0v) is 13.9. The highest BCUT2D eigenvalue weighted by Crippen LogP contribution is 2.35. The monoisotopic (exact) mass is 325 g/mol. The topological polar surface area (TPSA) is 99.0 Å². The van der Waals surface area contributed by atoms with Crippen molar-refractivity contribution in [1.29, 1.82) is 0 Å². The van der Waals surface area contributed by atoms with E-state index in [1.165, 1.54) is 4.68 Å². The number of aryl methyl sites for hydroxylation is 2. The standard InChI is InChI=1S/C18H23N5O/c1-10-2-4-15-13(8-10)12(6-7-21-15)18(24)23-17(20)14-9-11(19)3-5-16(14)22-23/h2,4,8,11-12,21H,3,5-7,9,19-20H2,1H3. The van der Waals surface area contributed by atoms with Crippen LogP contribution in [-0.4, -0.2) is 28.3 Å². The van der Waals surface area contributed by atoms with Crippen molar-refractivity contribution < 1.29 is 4.79 Å². The highest BCUT2D eigenvalue weighted by atomic mass is 16.2. The summed E-state index contributed by atoms with van der Waals surface area (Å²) in [7, 11) is 0. The highest BCUT2D eigenvalue weighted by Gasteiger charge is 2.32. The molecule has 1 aliphatic carbocycles. The van der Waals surface area contributed by atoms with E-state index in [0.29, 0.717) is 12.2 Å². The quantitative estimate of drug-likeness (QED) is 0.743. The number of rotatable bonds is 1. The summed E-state index contributed by atoms with van der Waals surface area (Å²) in [5.74, 6) is 0.222. The van der Waals surface area contributed by atoms with Gasteiger partial charge in [0.2, 0.25) is 0 Å². The second-order valence-electron chi connectivity index (χ2n) is 6.92. The molecule has 0 radical (unpaired) electrons. The van der Waals surface area contributed by atoms with Crippen LogP contribution >= 0.6 is 0 Å². The number of nitrogens with zero attached hydrogens (tertiary/aromatic N) is 2. The molecule has 6 nitrogen and oxygen atoms in total. The van der Waals surface area contributed by atoms with Crippen LogP contribution in [0.15, 0.2) is 18.2 Å². The molecule has 0 amide bonds. The van der Waals surface area contributed by atoms with Crippen molar-refractivity contribution >= 4 is 17.4 Å². The third-order valence-corrected chi connectivity index (χ3v) is 5.16. The molecule has 0 bridgehead atoms. The summed E-state index contributed by atoms with van der Waals surface area (Å²) >= 11 is 0. The Morgan fingerprint density at radius 2 is 2.21 bits per heavy atom. The minimum absolute atomic E-state index is 0.0381. The van der Waals surface area contributed by atoms with Crippen molar-refractivity contribution in [2.24, 2.45) is 5.73 Å². The van der Waals surface area contributed by atoms with Crippen LogP contribution in [0.1, 0.15) is 45.9 Å². The Hall–Kier alpha value is -2.34. The van der Waals surface area contributed by atoms with E-state index in [2.05, 4.69) is 22.5 Å². The lowest BCUT2D eigenvalue weighted by molar-refractivity contribution is 0.0859. The van der Waals surface area contributed by atoms with E-state index >= 15 is 0 Å². The maximum absolute atomic E-state index is 13.2. The van der Waals surface area contributed by atoms with Crippen LogP contribution in [0.25, 0.3) is 0 Å². The molecule has 24 heavy (non-hydrogen) atoms. The Kier molecular flexibility index (Phi) is 3.57. The average molecular weight is 325 g/mol. The van der Waals surface area contributed by atoms with E-state index in [1.54, 1.807) is 0 Å². The summed E-state index contributed by atoms with van der Waals surface area (Å²) in [4.78, 5) is 13.2. The van der Waals surface area contributed by atoms with E-state index < -0.39 is 0 Å². The number of aromatic nitrogens is 2. The molecule has 0 spiro atoms. The molecule has 5 N–H and O–H groups in total. The third-order valence-electron chi connectivity index (χ3n) is 5.16. The Balaban J connectivity index is 1.72. The average Bonchev–Trinajstić information content (AvgIpc) is 2.90. The van der Waals surface area contributed by atoms with Crippen LogP contribution in [-0.2, 0) is 12.8 Å². The molecule has 0 saturated carbocycles. The number of fused-ring (bicyclic) bond motifs is 2. The molecule has 2 aromatic rings. The van der Waals surface area contributed by atoms with E-state index in [9.17, 15) is 4.79 Å². The van der Waals surface area contributed by atoms with Gasteiger partial charge in [-0.1, -0.05) is 17.7 Å². The first-order valence-electron chi connectivity index (χ1n) is 8.55. The van der Waals surface area contributed by atoms with E-state index in [0.717, 1.165) is 53.9 Å². The van der Waals surface area contributed by atoms with E-state index in [-0.39, 0.29) is 17.9 Å². The van der Waals surface area contributed by atoms with Crippen LogP contribution in [0.5, 0.6) is 0 Å². The van der Waals surface area contributed by atoms with Crippen LogP contribution in [0.2, 0.25) is 0 Å². The summed E-state index contributed by atoms with van der Waals surface area (Å²) in [5.41, 5.74) is 17.4. The molecule has 6 heteroatoms. The number of hydrogen-bond acceptors (Lipinski definition) is 5. The zero-order valence-electron chi connectivity index (χ0n) is 13.9. The number of nitrogens with one attached hydrogen (secondary N) is 1. The molecular weight excluding hydrogens is 302 g/mol. The normalized spacial score (nSPS) is 22.4. The first kappa shape index (κ1) is 15.2. The van der Waals surface area contributed by atoms with Gasteiger partial charge in [-0.05, 0) is 44.2 Å². The number of carbonyl (C=O) groups is 1. The second kappa shape index (κ2) is 5.63. The van der Waals surface area contributed by atoms with Crippen molar-refractivity contribution in [3.63, 3.8) is 0 Å². The molecule has 1 aromatic heterocycles. The smallest absolute Gasteiger partial charge is 0.256 e. The van der Waals surface area contributed by atoms with Gasteiger partial charge in [-0.15, -0.1) is 0 Å². The first-order chi connectivity index (χ1) is 11.5. The van der Waals surface area contributed by atoms with Crippen molar-refractivity contribution in [3.8, 4) is 0 Å². The predicted octanol–water partition coefficient (Wildman–Crippen LogP) is 1.83. The first-order valence-corrected chi connectivity index (χ1v) is 8.55. The van der Waals surface area contributed by atoms with Crippen LogP contribution < -0.4 is 16.8 Å². The molecule has 2 atom stereocenters. The molecule has 4 rings (SSSR count). The Bertz CT molecular complexity index is 810. The summed E-state index contributed by atoms with van der Waals surface area (Å²) in [6.07, 6.45) is 3.14. The zero-order chi connectivity index (χ0) is 16.8. The predicted molar refractivity (Wildman–Crippen MR) is 94.3 cm³/mol. The van der Waals surface area contributed by atoms with Gasteiger partial charge in [-0.2, -0.15) is 9.78 Å². The number of nitrogens with two attached hydrogens (primary N) is 2. The largest absolute Gasteiger partial charge is 0.385 e. The van der Waals surface area contributed by atoms with Gasteiger partial charge in [0.25, 0.3) is 5.91 Å². The van der Waals surface area contributed by atoms with Gasteiger partial charge < -0.3 is 16.8 Å². The molecule has 1 aromatic carbocycles. The Morgan fingerprint density at radius 1 is 1.38 bits per heavy atom. The highest BCUT2D eigenvalue weighted by molar-refractivity contribution is 5.90. The maximum atomic E-state index is 13.2. The lowest BCUT2D eigenvalue weighted by atomic mass is 9.89. The van der Waals surface area contributed by atoms with Crippen molar-refractivity contribution in [2.45, 2.75) is 44.6 Å². The fraction of sp³-hybridized carbons (Fsp3) is 0.444. The Labute approximate surface area is 141 Å². The van der Waals surface area contributed by atoms with Gasteiger partial charge in [0.15, 0.2) is 0 Å². The number of nitrogen functional groups attached to an aromatic ring is 1. The SMILES string of the molecule is Cc1ccc2c(c1)C(C(=O)n1nc3c(c1N)CC(N)CC3)CCN2. The second-order valence-corrected chi connectivity index (χ2v) is 6.92. The van der Waals surface area contributed by atoms with Crippen molar-refractivity contribution in [2.75, 3.05) is 17.6 Å². The van der Waals surface area contributed by atoms with Gasteiger partial charge in [-0.3, -0.25) is 4.79 Å². The summed E-state index contributed by atoms with van der Waals surface area (Å²) in [6.45, 7) is 2.82. The number of hydrogen-bond donors (Lipinski definition) is 3. The lowest BCUT2D eigenvalue weighted by Crippen LogP contribution is -2.28. The van der Waals surface area contributed by atoms with Gasteiger partial charge in [0.05, 0.1) is 11.6 Å². The van der Waals surface area contributed by atoms with Gasteiger partial charge in [-0.25, -0.2) is 0 Å². The minimum atomic E-state index is -0.210. The lowest BCUT2D eigenvalue weighted by Gasteiger charge is -2.26. The molecule has 126 valence electrons. The molecule has 2 heterocycles. The van der Waals surface area contributed by atoms with Crippen LogP contribution in [0.3, 0.4) is 0 Å². The maximum Gasteiger partial charge on any atom is 0.256 e. The minimum Gasteiger partial charge on any atom is -0.385 e. The number of anilines is 2. The van der Waals surface area contributed by atoms with Gasteiger partial charge >= 0.3 is 0 Å². The number of benzene rings is 1. The summed E-state index contributed by atoms with van der Waals surface area (Å²) in [5, 5.41) is 7.89. The van der Waals surface area contributed by atoms with Gasteiger partial charge in [0, 0.05) is 23.8 Å². The van der Waals surface area contributed by atoms with E-state index in [4.69, 9.17) is 11.5 Å². The fourth-order valence-electron chi connectivity index (χ4n) is 3.83. The molecule has 1 aliphatic heterocycles. The fourth-order valence-corrected chi connectivity index (χ4v) is 3.83. The van der Waals surface area contributed by atoms with Crippen LogP contribution in [0.4, 0.5) is 11.5 Å². The summed E-state index contributed by atoms with van der Waals surface area (Å²) < 4.78 is 1.42.